The Morgan fingerprint density at radius 3 is 1.40 bits per heavy atom. The Balaban J connectivity index is 1.47. The molecule has 0 heterocycles. The second-order valence-corrected chi connectivity index (χ2v) is 8.42. The minimum Gasteiger partial charge on any atom is -0.393 e. The summed E-state index contributed by atoms with van der Waals surface area (Å²) in [5.41, 5.74) is 2.36. The summed E-state index contributed by atoms with van der Waals surface area (Å²) >= 11 is 0. The Morgan fingerprint density at radius 2 is 1.04 bits per heavy atom. The van der Waals surface area contributed by atoms with E-state index >= 15 is 0 Å². The third-order valence-corrected chi connectivity index (χ3v) is 6.06. The fourth-order valence-electron chi connectivity index (χ4n) is 4.17. The summed E-state index contributed by atoms with van der Waals surface area (Å²) in [4.78, 5) is 0. The Bertz CT molecular complexity index is 363. The number of hydrogen-bond donors (Lipinski definition) is 2. The van der Waals surface area contributed by atoms with Gasteiger partial charge in [-0.1, -0.05) is 24.3 Å². The molecule has 2 aliphatic rings. The molecule has 25 heavy (non-hydrogen) atoms. The van der Waals surface area contributed by atoms with Gasteiger partial charge in [-0.3, -0.25) is 0 Å². The number of aliphatic hydroxyl groups excluding tert-OH is 2. The predicted octanol–water partition coefficient (Wildman–Crippen LogP) is 4.78. The van der Waals surface area contributed by atoms with Gasteiger partial charge in [-0.15, -0.1) is 0 Å². The molecule has 144 valence electrons. The summed E-state index contributed by atoms with van der Waals surface area (Å²) < 4.78 is 5.79. The molecule has 0 unspecified atom stereocenters. The minimum absolute atomic E-state index is 0.0625. The average Bonchev–Trinajstić information content (AvgIpc) is 2.61. The van der Waals surface area contributed by atoms with Crippen molar-refractivity contribution < 1.29 is 14.9 Å². The van der Waals surface area contributed by atoms with E-state index in [2.05, 4.69) is 13.2 Å². The summed E-state index contributed by atoms with van der Waals surface area (Å²) in [6.45, 7) is 9.59. The van der Waals surface area contributed by atoms with Gasteiger partial charge in [0.1, 0.15) is 0 Å². The van der Waals surface area contributed by atoms with E-state index in [0.29, 0.717) is 13.2 Å². The van der Waals surface area contributed by atoms with Gasteiger partial charge >= 0.3 is 0 Å². The van der Waals surface area contributed by atoms with E-state index in [1.807, 2.05) is 0 Å². The van der Waals surface area contributed by atoms with Crippen LogP contribution < -0.4 is 0 Å². The first kappa shape index (κ1) is 20.7. The highest BCUT2D eigenvalue weighted by molar-refractivity contribution is 4.98. The third kappa shape index (κ3) is 8.52. The lowest BCUT2D eigenvalue weighted by atomic mass is 9.84. The molecule has 0 bridgehead atoms. The predicted molar refractivity (Wildman–Crippen MR) is 103 cm³/mol. The van der Waals surface area contributed by atoms with Crippen LogP contribution in [0.5, 0.6) is 0 Å². The molecule has 2 saturated carbocycles. The second kappa shape index (κ2) is 11.2. The fourth-order valence-corrected chi connectivity index (χ4v) is 4.17. The van der Waals surface area contributed by atoms with Crippen molar-refractivity contribution in [1.29, 1.82) is 0 Å². The van der Waals surface area contributed by atoms with E-state index in [1.165, 1.54) is 24.0 Å². The zero-order valence-corrected chi connectivity index (χ0v) is 15.9. The van der Waals surface area contributed by atoms with Crippen molar-refractivity contribution in [3.05, 3.63) is 24.3 Å². The van der Waals surface area contributed by atoms with E-state index < -0.39 is 0 Å². The van der Waals surface area contributed by atoms with E-state index in [0.717, 1.165) is 76.0 Å². The smallest absolute Gasteiger partial charge is 0.0678 e. The van der Waals surface area contributed by atoms with Gasteiger partial charge in [0.25, 0.3) is 0 Å². The fraction of sp³-hybridized carbons (Fsp3) is 0.818. The first-order valence-electron chi connectivity index (χ1n) is 10.3. The monoisotopic (exact) mass is 350 g/mol. The molecule has 0 aliphatic heterocycles. The lowest BCUT2D eigenvalue weighted by molar-refractivity contribution is 0.105. The van der Waals surface area contributed by atoms with Crippen molar-refractivity contribution in [2.24, 2.45) is 11.8 Å². The Labute approximate surface area is 154 Å². The van der Waals surface area contributed by atoms with Gasteiger partial charge in [-0.2, -0.15) is 0 Å². The molecule has 2 aliphatic carbocycles. The number of aliphatic hydroxyl groups is 2. The van der Waals surface area contributed by atoms with E-state index in [-0.39, 0.29) is 12.2 Å². The van der Waals surface area contributed by atoms with Gasteiger partial charge in [-0.25, -0.2) is 0 Å². The highest BCUT2D eigenvalue weighted by Crippen LogP contribution is 2.29. The van der Waals surface area contributed by atoms with Crippen LogP contribution in [-0.4, -0.2) is 35.6 Å². The van der Waals surface area contributed by atoms with E-state index in [9.17, 15) is 10.2 Å². The summed E-state index contributed by atoms with van der Waals surface area (Å²) in [5.74, 6) is 1.51. The Hall–Kier alpha value is -0.640. The second-order valence-electron chi connectivity index (χ2n) is 8.42. The van der Waals surface area contributed by atoms with Crippen molar-refractivity contribution in [3.63, 3.8) is 0 Å². The molecule has 0 atom stereocenters. The molecule has 0 radical (unpaired) electrons. The summed E-state index contributed by atoms with van der Waals surface area (Å²) in [5, 5.41) is 19.1. The average molecular weight is 351 g/mol. The molecule has 2 rings (SSSR count). The normalized spacial score (nSPS) is 30.2. The molecule has 2 N–H and O–H groups in total. The molecule has 0 amide bonds. The number of rotatable bonds is 10. The van der Waals surface area contributed by atoms with E-state index in [4.69, 9.17) is 4.74 Å². The highest BCUT2D eigenvalue weighted by Gasteiger charge is 2.20. The summed E-state index contributed by atoms with van der Waals surface area (Å²) in [7, 11) is 0. The van der Waals surface area contributed by atoms with Crippen LogP contribution in [0, 0.1) is 11.8 Å². The first-order valence-corrected chi connectivity index (χ1v) is 10.3. The van der Waals surface area contributed by atoms with Crippen LogP contribution >= 0.6 is 0 Å². The molecule has 0 spiro atoms. The SMILES string of the molecule is C=C(CCC1CCC(O)CC1)COCC(=C)CCC1CCC(O)CC1. The van der Waals surface area contributed by atoms with Crippen LogP contribution in [0.2, 0.25) is 0 Å². The molecular formula is C22H38O3. The first-order chi connectivity index (χ1) is 12.0. The number of ether oxygens (including phenoxy) is 1. The van der Waals surface area contributed by atoms with Gasteiger partial charge in [0, 0.05) is 0 Å². The summed E-state index contributed by atoms with van der Waals surface area (Å²) in [6, 6.07) is 0. The van der Waals surface area contributed by atoms with Crippen LogP contribution in [-0.2, 0) is 4.74 Å². The molecule has 0 saturated heterocycles. The van der Waals surface area contributed by atoms with Gasteiger partial charge in [0.15, 0.2) is 0 Å². The minimum atomic E-state index is -0.0625. The van der Waals surface area contributed by atoms with Gasteiger partial charge < -0.3 is 14.9 Å². The number of hydrogen-bond acceptors (Lipinski definition) is 3. The Kier molecular flexibility index (Phi) is 9.22. The van der Waals surface area contributed by atoms with Crippen LogP contribution in [0.1, 0.15) is 77.0 Å². The van der Waals surface area contributed by atoms with Crippen molar-refractivity contribution in [1.82, 2.24) is 0 Å². The molecule has 3 heteroatoms. The van der Waals surface area contributed by atoms with Gasteiger partial charge in [0.05, 0.1) is 25.4 Å². The summed E-state index contributed by atoms with van der Waals surface area (Å²) in [6.07, 6.45) is 12.8. The zero-order valence-electron chi connectivity index (χ0n) is 15.9. The van der Waals surface area contributed by atoms with Crippen molar-refractivity contribution in [2.45, 2.75) is 89.3 Å². The largest absolute Gasteiger partial charge is 0.393 e. The maximum absolute atomic E-state index is 9.55. The zero-order chi connectivity index (χ0) is 18.1. The standard InChI is InChI=1S/C22H38O3/c1-17(3-5-19-7-11-21(23)12-8-19)15-25-16-18(2)4-6-20-9-13-22(24)14-10-20/h19-24H,1-16H2. The lowest BCUT2D eigenvalue weighted by Crippen LogP contribution is -2.18. The quantitative estimate of drug-likeness (QED) is 0.558. The maximum atomic E-state index is 9.55. The van der Waals surface area contributed by atoms with Gasteiger partial charge in [0.2, 0.25) is 0 Å². The molecule has 0 aromatic rings. The molecular weight excluding hydrogens is 312 g/mol. The lowest BCUT2D eigenvalue weighted by Gasteiger charge is -2.25. The topological polar surface area (TPSA) is 49.7 Å². The molecule has 0 aromatic heterocycles. The third-order valence-electron chi connectivity index (χ3n) is 6.06. The van der Waals surface area contributed by atoms with Crippen LogP contribution in [0.3, 0.4) is 0 Å². The van der Waals surface area contributed by atoms with Crippen LogP contribution in [0.25, 0.3) is 0 Å². The van der Waals surface area contributed by atoms with E-state index in [1.54, 1.807) is 0 Å². The molecule has 0 aromatic carbocycles. The van der Waals surface area contributed by atoms with Gasteiger partial charge in [-0.05, 0) is 88.9 Å². The van der Waals surface area contributed by atoms with Crippen molar-refractivity contribution in [3.8, 4) is 0 Å². The maximum Gasteiger partial charge on any atom is 0.0678 e. The molecule has 3 nitrogen and oxygen atoms in total. The van der Waals surface area contributed by atoms with Crippen LogP contribution in [0.4, 0.5) is 0 Å². The van der Waals surface area contributed by atoms with Crippen LogP contribution in [0.15, 0.2) is 24.3 Å². The Morgan fingerprint density at radius 1 is 0.680 bits per heavy atom. The van der Waals surface area contributed by atoms with Crippen molar-refractivity contribution >= 4 is 0 Å². The molecule has 2 fully saturated rings. The van der Waals surface area contributed by atoms with Crippen molar-refractivity contribution in [2.75, 3.05) is 13.2 Å². The highest BCUT2D eigenvalue weighted by atomic mass is 16.5.